The summed E-state index contributed by atoms with van der Waals surface area (Å²) in [6, 6.07) is 5.75. The second kappa shape index (κ2) is 11.9. The minimum atomic E-state index is -3.58. The van der Waals surface area contributed by atoms with Crippen LogP contribution in [-0.2, 0) is 19.6 Å². The minimum absolute atomic E-state index is 0.0914. The van der Waals surface area contributed by atoms with Crippen LogP contribution in [0.1, 0.15) is 37.0 Å². The zero-order valence-electron chi connectivity index (χ0n) is 18.4. The molecule has 0 bridgehead atoms. The Kier molecular flexibility index (Phi) is 9.20. The van der Waals surface area contributed by atoms with Crippen molar-refractivity contribution < 1.29 is 22.7 Å². The van der Waals surface area contributed by atoms with Crippen molar-refractivity contribution in [2.24, 2.45) is 0 Å². The van der Waals surface area contributed by atoms with Gasteiger partial charge in [0.1, 0.15) is 0 Å². The first-order valence-electron chi connectivity index (χ1n) is 10.6. The van der Waals surface area contributed by atoms with E-state index in [1.54, 1.807) is 13.8 Å². The molecule has 1 aliphatic heterocycles. The van der Waals surface area contributed by atoms with E-state index in [4.69, 9.17) is 4.74 Å². The molecule has 1 unspecified atom stereocenters. The van der Waals surface area contributed by atoms with Crippen molar-refractivity contribution in [3.8, 4) is 0 Å². The normalized spacial score (nSPS) is 16.2. The van der Waals surface area contributed by atoms with Gasteiger partial charge in [-0.2, -0.15) is 4.31 Å². The molecule has 1 aromatic carbocycles. The first-order valence-corrected chi connectivity index (χ1v) is 13.8. The topological polar surface area (TPSA) is 131 Å². The van der Waals surface area contributed by atoms with Crippen LogP contribution in [0.2, 0.25) is 0 Å². The van der Waals surface area contributed by atoms with Crippen molar-refractivity contribution in [1.82, 2.24) is 19.8 Å². The van der Waals surface area contributed by atoms with E-state index in [0.717, 1.165) is 30.8 Å². The zero-order chi connectivity index (χ0) is 23.8. The van der Waals surface area contributed by atoms with E-state index < -0.39 is 15.9 Å². The maximum absolute atomic E-state index is 12.6. The first kappa shape index (κ1) is 25.6. The fourth-order valence-electron chi connectivity index (χ4n) is 3.19. The fraction of sp³-hybridized carbons (Fsp3) is 0.500. The van der Waals surface area contributed by atoms with Gasteiger partial charge in [0.2, 0.25) is 21.1 Å². The lowest BCUT2D eigenvalue weighted by Gasteiger charge is -2.18. The van der Waals surface area contributed by atoms with Gasteiger partial charge in [-0.25, -0.2) is 8.42 Å². The van der Waals surface area contributed by atoms with Crippen molar-refractivity contribution in [2.45, 2.75) is 42.0 Å². The molecule has 1 atom stereocenters. The summed E-state index contributed by atoms with van der Waals surface area (Å²) in [5.41, 5.74) is 0.298. The number of carbonyl (C=O) groups excluding carboxylic acids is 2. The van der Waals surface area contributed by atoms with Crippen LogP contribution in [0, 0.1) is 0 Å². The molecule has 3 rings (SSSR count). The van der Waals surface area contributed by atoms with Gasteiger partial charge in [0.05, 0.1) is 16.8 Å². The number of hydrogen-bond acceptors (Lipinski definition) is 9. The van der Waals surface area contributed by atoms with E-state index in [2.05, 4.69) is 20.8 Å². The average Bonchev–Trinajstić information content (AvgIpc) is 3.49. The number of aromatic nitrogens is 2. The molecule has 2 aromatic rings. The van der Waals surface area contributed by atoms with Crippen LogP contribution in [0.15, 0.2) is 33.5 Å². The number of nitrogens with zero attached hydrogens (tertiary/aromatic N) is 3. The smallest absolute Gasteiger partial charge is 0.257 e. The number of ether oxygens (including phenoxy) is 1. The number of thioether (sulfide) groups is 1. The third-order valence-corrected chi connectivity index (χ3v) is 9.00. The number of nitrogens with one attached hydrogen (secondary N) is 2. The summed E-state index contributed by atoms with van der Waals surface area (Å²) < 4.78 is 32.5. The molecule has 1 aliphatic rings. The molecule has 1 aromatic heterocycles. The van der Waals surface area contributed by atoms with Crippen LogP contribution >= 0.6 is 23.1 Å². The Morgan fingerprint density at radius 1 is 1.21 bits per heavy atom. The third-order valence-electron chi connectivity index (χ3n) is 4.96. The number of hydrogen-bond donors (Lipinski definition) is 2. The highest BCUT2D eigenvalue weighted by Gasteiger charge is 2.22. The summed E-state index contributed by atoms with van der Waals surface area (Å²) in [6.07, 6.45) is 2.07. The van der Waals surface area contributed by atoms with E-state index in [1.165, 1.54) is 40.3 Å². The van der Waals surface area contributed by atoms with Crippen molar-refractivity contribution in [3.05, 3.63) is 29.8 Å². The van der Waals surface area contributed by atoms with Gasteiger partial charge >= 0.3 is 0 Å². The summed E-state index contributed by atoms with van der Waals surface area (Å²) in [4.78, 5) is 24.6. The van der Waals surface area contributed by atoms with E-state index in [-0.39, 0.29) is 22.7 Å². The van der Waals surface area contributed by atoms with Gasteiger partial charge < -0.3 is 10.1 Å². The van der Waals surface area contributed by atoms with Crippen LogP contribution in [-0.4, -0.2) is 72.8 Å². The van der Waals surface area contributed by atoms with Gasteiger partial charge in [-0.3, -0.25) is 14.9 Å². The second-order valence-electron chi connectivity index (χ2n) is 7.17. The SMILES string of the molecule is CCN(CC)S(=O)(=O)c1ccc(C(=O)Nc2nnc(SCC(=O)NCC3CCCO3)s2)cc1. The number of amides is 2. The van der Waals surface area contributed by atoms with Crippen molar-refractivity contribution >= 4 is 50.1 Å². The highest BCUT2D eigenvalue weighted by Crippen LogP contribution is 2.26. The van der Waals surface area contributed by atoms with E-state index >= 15 is 0 Å². The Morgan fingerprint density at radius 3 is 2.58 bits per heavy atom. The lowest BCUT2D eigenvalue weighted by Crippen LogP contribution is -2.32. The molecule has 2 heterocycles. The monoisotopic (exact) mass is 513 g/mol. The van der Waals surface area contributed by atoms with E-state index in [9.17, 15) is 18.0 Å². The second-order valence-corrected chi connectivity index (χ2v) is 11.3. The molecule has 10 nitrogen and oxygen atoms in total. The lowest BCUT2D eigenvalue weighted by molar-refractivity contribution is -0.119. The molecule has 2 N–H and O–H groups in total. The summed E-state index contributed by atoms with van der Waals surface area (Å²) in [5, 5.41) is 13.7. The van der Waals surface area contributed by atoms with Crippen LogP contribution in [0.5, 0.6) is 0 Å². The van der Waals surface area contributed by atoms with Crippen LogP contribution in [0.4, 0.5) is 5.13 Å². The van der Waals surface area contributed by atoms with Crippen molar-refractivity contribution in [2.75, 3.05) is 37.3 Å². The highest BCUT2D eigenvalue weighted by atomic mass is 32.2. The summed E-state index contributed by atoms with van der Waals surface area (Å²) in [5.74, 6) is -0.350. The number of benzene rings is 1. The van der Waals surface area contributed by atoms with Crippen molar-refractivity contribution in [3.63, 3.8) is 0 Å². The number of sulfonamides is 1. The minimum Gasteiger partial charge on any atom is -0.376 e. The average molecular weight is 514 g/mol. The number of rotatable bonds is 11. The van der Waals surface area contributed by atoms with Gasteiger partial charge in [-0.15, -0.1) is 10.2 Å². The Balaban J connectivity index is 1.50. The molecular weight excluding hydrogens is 486 g/mol. The van der Waals surface area contributed by atoms with Crippen LogP contribution < -0.4 is 10.6 Å². The summed E-state index contributed by atoms with van der Waals surface area (Å²) >= 11 is 2.40. The molecule has 2 amide bonds. The van der Waals surface area contributed by atoms with Gasteiger partial charge in [0.25, 0.3) is 5.91 Å². The Labute approximate surface area is 201 Å². The van der Waals surface area contributed by atoms with Gasteiger partial charge in [-0.1, -0.05) is 36.9 Å². The standard InChI is InChI=1S/C20H27N5O5S3/c1-3-25(4-2)33(28,29)16-9-7-14(8-10-16)18(27)22-19-23-24-20(32-19)31-13-17(26)21-12-15-6-5-11-30-15/h7-10,15H,3-6,11-13H2,1-2H3,(H,21,26)(H,22,23,27). The highest BCUT2D eigenvalue weighted by molar-refractivity contribution is 8.01. The first-order chi connectivity index (χ1) is 15.8. The largest absolute Gasteiger partial charge is 0.376 e. The molecule has 1 fully saturated rings. The van der Waals surface area contributed by atoms with Crippen LogP contribution in [0.3, 0.4) is 0 Å². The van der Waals surface area contributed by atoms with Gasteiger partial charge in [0.15, 0.2) is 4.34 Å². The molecule has 33 heavy (non-hydrogen) atoms. The fourth-order valence-corrected chi connectivity index (χ4v) is 6.22. The molecular formula is C20H27N5O5S3. The predicted octanol–water partition coefficient (Wildman–Crippen LogP) is 2.21. The van der Waals surface area contributed by atoms with E-state index in [0.29, 0.717) is 34.7 Å². The molecule has 1 saturated heterocycles. The van der Waals surface area contributed by atoms with Crippen LogP contribution in [0.25, 0.3) is 0 Å². The molecule has 13 heteroatoms. The maximum atomic E-state index is 12.6. The Hall–Kier alpha value is -2.06. The zero-order valence-corrected chi connectivity index (χ0v) is 20.9. The van der Waals surface area contributed by atoms with E-state index in [1.807, 2.05) is 0 Å². The van der Waals surface area contributed by atoms with Gasteiger partial charge in [-0.05, 0) is 37.1 Å². The molecule has 180 valence electrons. The van der Waals surface area contributed by atoms with Gasteiger partial charge in [0, 0.05) is 31.8 Å². The Morgan fingerprint density at radius 2 is 1.94 bits per heavy atom. The molecule has 0 saturated carbocycles. The molecule has 0 spiro atoms. The predicted molar refractivity (Wildman–Crippen MR) is 127 cm³/mol. The maximum Gasteiger partial charge on any atom is 0.257 e. The Bertz CT molecular complexity index is 1050. The molecule has 0 radical (unpaired) electrons. The van der Waals surface area contributed by atoms with Crippen molar-refractivity contribution in [1.29, 1.82) is 0 Å². The quantitative estimate of drug-likeness (QED) is 0.345. The third kappa shape index (κ3) is 6.96. The lowest BCUT2D eigenvalue weighted by atomic mass is 10.2. The number of anilines is 1. The summed E-state index contributed by atoms with van der Waals surface area (Å²) in [6.45, 7) is 5.54. The molecule has 0 aliphatic carbocycles. The summed E-state index contributed by atoms with van der Waals surface area (Å²) in [7, 11) is -3.58. The number of carbonyl (C=O) groups is 2.